The van der Waals surface area contributed by atoms with E-state index in [0.29, 0.717) is 77.7 Å². The molecule has 0 aliphatic heterocycles. The van der Waals surface area contributed by atoms with Gasteiger partial charge in [0, 0.05) is 45.4 Å². The van der Waals surface area contributed by atoms with E-state index in [0.717, 1.165) is 6.29 Å². The first-order valence-electron chi connectivity index (χ1n) is 10.1. The number of rotatable bonds is 20. The fourth-order valence-corrected chi connectivity index (χ4v) is 2.59. The van der Waals surface area contributed by atoms with Crippen molar-refractivity contribution in [3.8, 4) is 0 Å². The minimum absolute atomic E-state index is 0.0769. The molecule has 0 spiro atoms. The summed E-state index contributed by atoms with van der Waals surface area (Å²) in [4.78, 5) is 30.8. The molecule has 0 aliphatic rings. The Morgan fingerprint density at radius 3 is 2.14 bits per heavy atom. The van der Waals surface area contributed by atoms with Crippen molar-refractivity contribution in [3.05, 3.63) is 0 Å². The molecule has 0 aromatic heterocycles. The number of hydrogen-bond acceptors (Lipinski definition) is 8. The van der Waals surface area contributed by atoms with Crippen molar-refractivity contribution in [2.75, 3.05) is 26.4 Å². The average molecular weight is 408 g/mol. The monoisotopic (exact) mass is 407 g/mol. The van der Waals surface area contributed by atoms with Crippen molar-refractivity contribution >= 4 is 12.2 Å². The fourth-order valence-electron chi connectivity index (χ4n) is 2.59. The smallest absolute Gasteiger partial charge is 0.220 e. The summed E-state index contributed by atoms with van der Waals surface area (Å²) in [6.07, 6.45) is 4.17. The first-order valence-corrected chi connectivity index (χ1v) is 10.1. The molecular weight excluding hydrogens is 370 g/mol. The molecular formula is C19H37NO8. The van der Waals surface area contributed by atoms with Gasteiger partial charge in [-0.05, 0) is 25.7 Å². The van der Waals surface area contributed by atoms with Gasteiger partial charge in [0.15, 0.2) is 0 Å². The second kappa shape index (κ2) is 19.2. The lowest BCUT2D eigenvalue weighted by Gasteiger charge is -2.24. The molecule has 28 heavy (non-hydrogen) atoms. The van der Waals surface area contributed by atoms with Crippen LogP contribution in [-0.4, -0.2) is 67.4 Å². The van der Waals surface area contributed by atoms with Crippen LogP contribution < -0.4 is 5.32 Å². The number of carbonyl (C=O) groups excluding carboxylic acids is 2. The maximum Gasteiger partial charge on any atom is 0.220 e. The highest BCUT2D eigenvalue weighted by Crippen LogP contribution is 2.17. The van der Waals surface area contributed by atoms with Gasteiger partial charge in [0.1, 0.15) is 6.29 Å². The summed E-state index contributed by atoms with van der Waals surface area (Å²) >= 11 is 0. The molecule has 0 bridgehead atoms. The summed E-state index contributed by atoms with van der Waals surface area (Å²) in [7, 11) is 0. The molecule has 0 aromatic carbocycles. The highest BCUT2D eigenvalue weighted by molar-refractivity contribution is 5.75. The zero-order chi connectivity index (χ0) is 21.0. The number of unbranched alkanes of at least 4 members (excludes halogenated alkanes) is 1. The Morgan fingerprint density at radius 1 is 0.964 bits per heavy atom. The summed E-state index contributed by atoms with van der Waals surface area (Å²) in [5, 5.41) is 20.6. The van der Waals surface area contributed by atoms with Crippen LogP contribution in [0.3, 0.4) is 0 Å². The second-order valence-electron chi connectivity index (χ2n) is 6.61. The Bertz CT molecular complexity index is 361. The van der Waals surface area contributed by atoms with Crippen LogP contribution in [0.4, 0.5) is 0 Å². The molecule has 3 N–H and O–H groups in total. The van der Waals surface area contributed by atoms with Crippen LogP contribution >= 0.6 is 0 Å². The lowest BCUT2D eigenvalue weighted by Crippen LogP contribution is -2.29. The van der Waals surface area contributed by atoms with Crippen LogP contribution in [0, 0.1) is 0 Å². The first-order chi connectivity index (χ1) is 13.6. The molecule has 9 heteroatoms. The molecule has 0 saturated heterocycles. The van der Waals surface area contributed by atoms with Gasteiger partial charge in [-0.3, -0.25) is 15.3 Å². The van der Waals surface area contributed by atoms with Crippen LogP contribution in [0.5, 0.6) is 0 Å². The van der Waals surface area contributed by atoms with Crippen molar-refractivity contribution < 1.29 is 39.4 Å². The van der Waals surface area contributed by atoms with E-state index in [-0.39, 0.29) is 24.2 Å². The number of aldehydes is 1. The number of nitrogens with one attached hydrogen (secondary N) is 1. The molecule has 0 radical (unpaired) electrons. The van der Waals surface area contributed by atoms with Gasteiger partial charge >= 0.3 is 0 Å². The number of amides is 1. The van der Waals surface area contributed by atoms with Crippen LogP contribution in [0.1, 0.15) is 65.2 Å². The molecule has 9 nitrogen and oxygen atoms in total. The third kappa shape index (κ3) is 14.9. The summed E-state index contributed by atoms with van der Waals surface area (Å²) in [6.45, 7) is 5.53. The second-order valence-corrected chi connectivity index (χ2v) is 6.61. The van der Waals surface area contributed by atoms with Crippen LogP contribution in [-0.2, 0) is 28.8 Å². The van der Waals surface area contributed by atoms with Crippen LogP contribution in [0.25, 0.3) is 0 Å². The predicted octanol–water partition coefficient (Wildman–Crippen LogP) is 2.58. The summed E-state index contributed by atoms with van der Waals surface area (Å²) in [5.74, 6) is -0.0769. The van der Waals surface area contributed by atoms with Gasteiger partial charge in [-0.2, -0.15) is 0 Å². The third-order valence-electron chi connectivity index (χ3n) is 4.34. The molecule has 0 saturated carbocycles. The highest BCUT2D eigenvalue weighted by Gasteiger charge is 2.21. The van der Waals surface area contributed by atoms with Gasteiger partial charge in [0.2, 0.25) is 5.91 Å². The maximum atomic E-state index is 11.8. The molecule has 2 unspecified atom stereocenters. The van der Waals surface area contributed by atoms with Crippen LogP contribution in [0.2, 0.25) is 0 Å². The van der Waals surface area contributed by atoms with E-state index in [2.05, 4.69) is 15.1 Å². The first kappa shape index (κ1) is 26.9. The quantitative estimate of drug-likeness (QED) is 0.122. The minimum atomic E-state index is -0.351. The number of hydrogen-bond donors (Lipinski definition) is 3. The third-order valence-corrected chi connectivity index (χ3v) is 4.34. The average Bonchev–Trinajstić information content (AvgIpc) is 2.71. The highest BCUT2D eigenvalue weighted by atomic mass is 17.1. The Labute approximate surface area is 167 Å². The van der Waals surface area contributed by atoms with Crippen molar-refractivity contribution in [1.82, 2.24) is 5.32 Å². The lowest BCUT2D eigenvalue weighted by molar-refractivity contribution is -0.294. The van der Waals surface area contributed by atoms with E-state index in [1.807, 2.05) is 13.8 Å². The molecule has 0 heterocycles. The van der Waals surface area contributed by atoms with Crippen LogP contribution in [0.15, 0.2) is 0 Å². The maximum absolute atomic E-state index is 11.8. The van der Waals surface area contributed by atoms with E-state index in [1.165, 1.54) is 0 Å². The van der Waals surface area contributed by atoms with E-state index >= 15 is 0 Å². The van der Waals surface area contributed by atoms with Gasteiger partial charge < -0.3 is 19.6 Å². The topological polar surface area (TPSA) is 124 Å². The predicted molar refractivity (Wildman–Crippen MR) is 103 cm³/mol. The number of ether oxygens (including phenoxy) is 2. The standard InChI is InChI=1S/C19H37NO8/c1-3-16(27-23)14-18(15-17(4-2)28-24)26-12-7-8-19(22)20-9-13-25-11-6-5-10-21/h10,16-18,23-24H,3-9,11-15H2,1-2H3,(H,20,22). The normalized spacial score (nSPS) is 14.4. The molecule has 2 atom stereocenters. The summed E-state index contributed by atoms with van der Waals surface area (Å²) in [5.41, 5.74) is 0. The van der Waals surface area contributed by atoms with Gasteiger partial charge in [0.05, 0.1) is 24.9 Å². The largest absolute Gasteiger partial charge is 0.380 e. The summed E-state index contributed by atoms with van der Waals surface area (Å²) in [6, 6.07) is 0. The van der Waals surface area contributed by atoms with E-state index < -0.39 is 0 Å². The Kier molecular flexibility index (Phi) is 18.5. The SMILES string of the molecule is CCC(CC(CC(CC)OO)OCCCC(=O)NCCOCCCC=O)OO. The molecule has 1 amide bonds. The van der Waals surface area contributed by atoms with Gasteiger partial charge in [0.25, 0.3) is 0 Å². The Hall–Kier alpha value is -1.10. The molecule has 0 fully saturated rings. The Morgan fingerprint density at radius 2 is 1.61 bits per heavy atom. The van der Waals surface area contributed by atoms with Crippen molar-refractivity contribution in [1.29, 1.82) is 0 Å². The Balaban J connectivity index is 4.00. The zero-order valence-corrected chi connectivity index (χ0v) is 17.1. The van der Waals surface area contributed by atoms with Gasteiger partial charge in [-0.1, -0.05) is 13.8 Å². The lowest BCUT2D eigenvalue weighted by atomic mass is 10.0. The summed E-state index contributed by atoms with van der Waals surface area (Å²) < 4.78 is 11.1. The van der Waals surface area contributed by atoms with Gasteiger partial charge in [-0.25, -0.2) is 9.78 Å². The van der Waals surface area contributed by atoms with E-state index in [4.69, 9.17) is 20.0 Å². The molecule has 166 valence electrons. The van der Waals surface area contributed by atoms with Crippen molar-refractivity contribution in [2.24, 2.45) is 0 Å². The van der Waals surface area contributed by atoms with E-state index in [9.17, 15) is 9.59 Å². The van der Waals surface area contributed by atoms with E-state index in [1.54, 1.807) is 0 Å². The zero-order valence-electron chi connectivity index (χ0n) is 17.1. The van der Waals surface area contributed by atoms with Crippen molar-refractivity contribution in [3.63, 3.8) is 0 Å². The molecule has 0 aromatic rings. The molecule has 0 aliphatic carbocycles. The minimum Gasteiger partial charge on any atom is -0.380 e. The number of carbonyl (C=O) groups is 2. The van der Waals surface area contributed by atoms with Crippen molar-refractivity contribution in [2.45, 2.75) is 83.5 Å². The molecule has 0 rings (SSSR count). The van der Waals surface area contributed by atoms with Gasteiger partial charge in [-0.15, -0.1) is 0 Å². The fraction of sp³-hybridized carbons (Fsp3) is 0.895.